The summed E-state index contributed by atoms with van der Waals surface area (Å²) in [5, 5.41) is 7.16. The van der Waals surface area contributed by atoms with Crippen LogP contribution in [0.2, 0.25) is 0 Å². The molecule has 0 radical (unpaired) electrons. The van der Waals surface area contributed by atoms with Gasteiger partial charge in [-0.1, -0.05) is 18.6 Å². The van der Waals surface area contributed by atoms with Crippen molar-refractivity contribution in [1.29, 1.82) is 0 Å². The number of amides is 1. The zero-order chi connectivity index (χ0) is 20.4. The molecule has 2 saturated carbocycles. The highest BCUT2D eigenvalue weighted by molar-refractivity contribution is 14.0. The fourth-order valence-corrected chi connectivity index (χ4v) is 5.34. The molecule has 3 aliphatic rings. The van der Waals surface area contributed by atoms with Crippen LogP contribution in [0.25, 0.3) is 0 Å². The van der Waals surface area contributed by atoms with E-state index in [9.17, 15) is 4.79 Å². The number of guanidine groups is 1. The van der Waals surface area contributed by atoms with Gasteiger partial charge in [0, 0.05) is 56.7 Å². The number of nitrogens with one attached hydrogen (secondary N) is 2. The number of hydrogen-bond acceptors (Lipinski definition) is 3. The maximum atomic E-state index is 12.2. The Kier molecular flexibility index (Phi) is 7.66. The molecule has 30 heavy (non-hydrogen) atoms. The summed E-state index contributed by atoms with van der Waals surface area (Å²) in [5.41, 5.74) is 2.22. The number of halogens is 1. The monoisotopic (exact) mass is 526 g/mol. The second-order valence-corrected chi connectivity index (χ2v) is 8.86. The molecule has 4 rings (SSSR count). The van der Waals surface area contributed by atoms with E-state index in [0.717, 1.165) is 43.1 Å². The number of hydrogen-bond donors (Lipinski definition) is 2. The van der Waals surface area contributed by atoms with Crippen molar-refractivity contribution >= 4 is 35.8 Å². The Bertz CT molecular complexity index is 778. The highest BCUT2D eigenvalue weighted by Gasteiger charge is 2.66. The molecule has 166 valence electrons. The smallest absolute Gasteiger partial charge is 0.253 e. The average Bonchev–Trinajstić information content (AvgIpc) is 3.09. The normalized spacial score (nSPS) is 26.1. The highest BCUT2D eigenvalue weighted by Crippen LogP contribution is 2.62. The number of fused-ring (bicyclic) bond motifs is 2. The molecule has 1 aliphatic heterocycles. The van der Waals surface area contributed by atoms with Gasteiger partial charge in [0.05, 0.1) is 6.10 Å². The zero-order valence-corrected chi connectivity index (χ0v) is 20.6. The number of carbonyl (C=O) groups is 1. The third kappa shape index (κ3) is 4.33. The van der Waals surface area contributed by atoms with Gasteiger partial charge in [0.25, 0.3) is 5.91 Å². The minimum atomic E-state index is 0. The Morgan fingerprint density at radius 3 is 2.80 bits per heavy atom. The van der Waals surface area contributed by atoms with Crippen LogP contribution in [0.1, 0.15) is 48.5 Å². The minimum Gasteiger partial charge on any atom is -0.377 e. The molecule has 7 heteroatoms. The molecule has 3 unspecified atom stereocenters. The van der Waals surface area contributed by atoms with E-state index >= 15 is 0 Å². The zero-order valence-electron chi connectivity index (χ0n) is 18.3. The van der Waals surface area contributed by atoms with Crippen LogP contribution in [0, 0.1) is 11.3 Å². The van der Waals surface area contributed by atoms with Crippen LogP contribution >= 0.6 is 24.0 Å². The average molecular weight is 526 g/mol. The molecular weight excluding hydrogens is 491 g/mol. The molecule has 1 aromatic rings. The predicted molar refractivity (Wildman–Crippen MR) is 131 cm³/mol. The first-order valence-electron chi connectivity index (χ1n) is 11.0. The third-order valence-electron chi connectivity index (χ3n) is 6.92. The number of ether oxygens (including phenoxy) is 1. The summed E-state index contributed by atoms with van der Waals surface area (Å²) in [6, 6.07) is 8.36. The van der Waals surface area contributed by atoms with Crippen molar-refractivity contribution in [2.45, 2.75) is 51.2 Å². The summed E-state index contributed by atoms with van der Waals surface area (Å²) >= 11 is 0. The first kappa shape index (κ1) is 23.3. The van der Waals surface area contributed by atoms with Gasteiger partial charge in [-0.2, -0.15) is 0 Å². The summed E-state index contributed by atoms with van der Waals surface area (Å²) < 4.78 is 6.04. The fourth-order valence-electron chi connectivity index (χ4n) is 5.34. The van der Waals surface area contributed by atoms with Crippen LogP contribution in [-0.4, -0.2) is 62.7 Å². The number of aliphatic imine (C=N–C) groups is 1. The maximum absolute atomic E-state index is 12.2. The Labute approximate surface area is 197 Å². The SMILES string of the molecule is CCNC(=NCCc1cccc(C(=O)N(C)C)c1)NC1C2CCOC2C12CCC2.I. The van der Waals surface area contributed by atoms with Crippen LogP contribution in [-0.2, 0) is 11.2 Å². The van der Waals surface area contributed by atoms with Crippen LogP contribution in [0.4, 0.5) is 0 Å². The molecule has 6 nitrogen and oxygen atoms in total. The lowest BCUT2D eigenvalue weighted by Gasteiger charge is -2.63. The molecule has 1 saturated heterocycles. The van der Waals surface area contributed by atoms with Gasteiger partial charge in [-0.25, -0.2) is 0 Å². The lowest BCUT2D eigenvalue weighted by atomic mass is 9.46. The third-order valence-corrected chi connectivity index (χ3v) is 6.92. The maximum Gasteiger partial charge on any atom is 0.253 e. The number of carbonyl (C=O) groups excluding carboxylic acids is 1. The lowest BCUT2D eigenvalue weighted by molar-refractivity contribution is -0.171. The van der Waals surface area contributed by atoms with Crippen LogP contribution in [0.15, 0.2) is 29.3 Å². The summed E-state index contributed by atoms with van der Waals surface area (Å²) in [6.07, 6.45) is 6.32. The van der Waals surface area contributed by atoms with E-state index in [-0.39, 0.29) is 29.9 Å². The largest absolute Gasteiger partial charge is 0.377 e. The molecule has 0 aromatic heterocycles. The Morgan fingerprint density at radius 1 is 1.33 bits per heavy atom. The number of benzene rings is 1. The number of rotatable bonds is 6. The van der Waals surface area contributed by atoms with E-state index in [1.807, 2.05) is 18.2 Å². The van der Waals surface area contributed by atoms with Crippen molar-refractivity contribution in [3.05, 3.63) is 35.4 Å². The number of nitrogens with zero attached hydrogens (tertiary/aromatic N) is 2. The molecule has 1 spiro atoms. The summed E-state index contributed by atoms with van der Waals surface area (Å²) in [6.45, 7) is 4.56. The van der Waals surface area contributed by atoms with Crippen molar-refractivity contribution in [2.24, 2.45) is 16.3 Å². The molecular formula is C23H35IN4O2. The fraction of sp³-hybridized carbons (Fsp3) is 0.652. The highest BCUT2D eigenvalue weighted by atomic mass is 127. The summed E-state index contributed by atoms with van der Waals surface area (Å²) in [5.74, 6) is 1.58. The van der Waals surface area contributed by atoms with Crippen molar-refractivity contribution in [1.82, 2.24) is 15.5 Å². The molecule has 1 heterocycles. The van der Waals surface area contributed by atoms with E-state index in [1.54, 1.807) is 19.0 Å². The quantitative estimate of drug-likeness (QED) is 0.340. The van der Waals surface area contributed by atoms with Crippen molar-refractivity contribution in [3.8, 4) is 0 Å². The summed E-state index contributed by atoms with van der Waals surface area (Å²) in [7, 11) is 3.56. The minimum absolute atomic E-state index is 0. The molecule has 0 bridgehead atoms. The van der Waals surface area contributed by atoms with Gasteiger partial charge in [0.2, 0.25) is 0 Å². The second kappa shape index (κ2) is 9.85. The lowest BCUT2D eigenvalue weighted by Crippen LogP contribution is -2.72. The molecule has 3 atom stereocenters. The molecule has 2 aliphatic carbocycles. The van der Waals surface area contributed by atoms with Gasteiger partial charge < -0.3 is 20.3 Å². The van der Waals surface area contributed by atoms with Crippen LogP contribution < -0.4 is 10.6 Å². The van der Waals surface area contributed by atoms with E-state index in [1.165, 1.54) is 19.3 Å². The van der Waals surface area contributed by atoms with Crippen molar-refractivity contribution < 1.29 is 9.53 Å². The predicted octanol–water partition coefficient (Wildman–Crippen LogP) is 3.06. The van der Waals surface area contributed by atoms with E-state index in [4.69, 9.17) is 9.73 Å². The topological polar surface area (TPSA) is 66.0 Å². The van der Waals surface area contributed by atoms with Crippen molar-refractivity contribution in [2.75, 3.05) is 33.8 Å². The van der Waals surface area contributed by atoms with Gasteiger partial charge in [0.15, 0.2) is 5.96 Å². The second-order valence-electron chi connectivity index (χ2n) is 8.86. The van der Waals surface area contributed by atoms with Gasteiger partial charge in [-0.15, -0.1) is 24.0 Å². The van der Waals surface area contributed by atoms with Crippen molar-refractivity contribution in [3.63, 3.8) is 0 Å². The van der Waals surface area contributed by atoms with E-state index in [2.05, 4.69) is 23.6 Å². The summed E-state index contributed by atoms with van der Waals surface area (Å²) in [4.78, 5) is 18.6. The van der Waals surface area contributed by atoms with Gasteiger partial charge in [0.1, 0.15) is 0 Å². The van der Waals surface area contributed by atoms with Gasteiger partial charge >= 0.3 is 0 Å². The first-order chi connectivity index (χ1) is 14.0. The molecule has 2 N–H and O–H groups in total. The molecule has 1 aromatic carbocycles. The van der Waals surface area contributed by atoms with Gasteiger partial charge in [-0.3, -0.25) is 9.79 Å². The Morgan fingerprint density at radius 2 is 2.13 bits per heavy atom. The Hall–Kier alpha value is -1.35. The van der Waals surface area contributed by atoms with E-state index in [0.29, 0.717) is 30.0 Å². The standard InChI is InChI=1S/C23H34N4O2.HI/c1-4-24-22(26-19-18-10-14-29-20(18)23(19)11-6-12-23)25-13-9-16-7-5-8-17(15-16)21(28)27(2)3;/h5,7-8,15,18-20H,4,6,9-14H2,1-3H3,(H2,24,25,26);1H. The first-order valence-corrected chi connectivity index (χ1v) is 11.0. The van der Waals surface area contributed by atoms with Crippen LogP contribution in [0.3, 0.4) is 0 Å². The van der Waals surface area contributed by atoms with Crippen LogP contribution in [0.5, 0.6) is 0 Å². The Balaban J connectivity index is 0.00000256. The van der Waals surface area contributed by atoms with Gasteiger partial charge in [-0.05, 0) is 50.3 Å². The van der Waals surface area contributed by atoms with E-state index < -0.39 is 0 Å². The molecule has 3 fully saturated rings. The molecule has 1 amide bonds.